The van der Waals surface area contributed by atoms with Crippen LogP contribution in [0.4, 0.5) is 38.1 Å². The second-order valence-electron chi connectivity index (χ2n) is 6.35. The highest BCUT2D eigenvalue weighted by atomic mass is 19.4. The van der Waals surface area contributed by atoms with E-state index in [9.17, 15) is 31.5 Å². The summed E-state index contributed by atoms with van der Waals surface area (Å²) in [5.41, 5.74) is -2.64. The monoisotopic (exact) mass is 469 g/mol. The summed E-state index contributed by atoms with van der Waals surface area (Å²) in [6.07, 6.45) is -3.61. The Hall–Kier alpha value is -4.22. The maximum atomic E-state index is 14.5. The van der Waals surface area contributed by atoms with Gasteiger partial charge in [-0.25, -0.2) is 13.6 Å². The number of hydrogen-bond donors (Lipinski definition) is 3. The number of nitrogens with zero attached hydrogens (tertiary/aromatic N) is 1. The van der Waals surface area contributed by atoms with E-state index >= 15 is 0 Å². The van der Waals surface area contributed by atoms with Crippen molar-refractivity contribution in [2.45, 2.75) is 6.18 Å². The van der Waals surface area contributed by atoms with Gasteiger partial charge in [0.2, 0.25) is 0 Å². The molecule has 3 amide bonds. The summed E-state index contributed by atoms with van der Waals surface area (Å²) in [6.45, 7) is -2.74. The highest BCUT2D eigenvalue weighted by Gasteiger charge is 2.31. The van der Waals surface area contributed by atoms with Gasteiger partial charge < -0.3 is 20.7 Å². The molecule has 3 N–H and O–H groups in total. The summed E-state index contributed by atoms with van der Waals surface area (Å²) in [6, 6.07) is 5.77. The molecule has 0 unspecified atom stereocenters. The van der Waals surface area contributed by atoms with Gasteiger partial charge in [-0.1, -0.05) is 0 Å². The normalized spacial score (nSPS) is 12.7. The Bertz CT molecular complexity index is 1300. The molecule has 3 aromatic rings. The average molecular weight is 469 g/mol. The molecule has 0 bridgehead atoms. The van der Waals surface area contributed by atoms with Crippen molar-refractivity contribution in [1.82, 2.24) is 10.3 Å². The molecule has 172 valence electrons. The van der Waals surface area contributed by atoms with Crippen LogP contribution in [0.15, 0.2) is 54.7 Å². The molecule has 1 heterocycles. The lowest BCUT2D eigenvalue weighted by Crippen LogP contribution is -2.21. The predicted octanol–water partition coefficient (Wildman–Crippen LogP) is 5.17. The Morgan fingerprint density at radius 1 is 0.939 bits per heavy atom. The van der Waals surface area contributed by atoms with Crippen molar-refractivity contribution in [2.75, 3.05) is 17.6 Å². The number of anilines is 2. The minimum Gasteiger partial charge on any atom is -0.457 e. The molecule has 7 nitrogen and oxygen atoms in total. The fraction of sp³-hybridized carbons (Fsp3) is 0.0952. The van der Waals surface area contributed by atoms with Crippen molar-refractivity contribution in [3.8, 4) is 11.5 Å². The molecule has 2 aromatic carbocycles. The van der Waals surface area contributed by atoms with Gasteiger partial charge in [0.15, 0.2) is 0 Å². The minimum atomic E-state index is -4.77. The molecule has 1 aromatic heterocycles. The predicted molar refractivity (Wildman–Crippen MR) is 108 cm³/mol. The zero-order valence-corrected chi connectivity index (χ0v) is 16.3. The van der Waals surface area contributed by atoms with Crippen molar-refractivity contribution < 1.29 is 40.4 Å². The van der Waals surface area contributed by atoms with Crippen LogP contribution in [0.25, 0.3) is 0 Å². The first-order valence-corrected chi connectivity index (χ1v) is 8.92. The molecule has 0 saturated heterocycles. The Balaban J connectivity index is 1.68. The van der Waals surface area contributed by atoms with Crippen LogP contribution in [-0.2, 0) is 6.18 Å². The molecule has 0 fully saturated rings. The Kier molecular flexibility index (Phi) is 5.61. The van der Waals surface area contributed by atoms with Crippen LogP contribution < -0.4 is 20.7 Å². The van der Waals surface area contributed by atoms with Crippen molar-refractivity contribution in [3.05, 3.63) is 77.6 Å². The molecule has 0 aliphatic rings. The van der Waals surface area contributed by atoms with Gasteiger partial charge in [-0.2, -0.15) is 13.2 Å². The van der Waals surface area contributed by atoms with Gasteiger partial charge in [0.05, 0.1) is 16.9 Å². The summed E-state index contributed by atoms with van der Waals surface area (Å²) in [4.78, 5) is 27.7. The first-order chi connectivity index (χ1) is 16.7. The Morgan fingerprint density at radius 2 is 1.67 bits per heavy atom. The van der Waals surface area contributed by atoms with E-state index in [-0.39, 0.29) is 17.2 Å². The first-order valence-electron chi connectivity index (χ1n) is 10.4. The van der Waals surface area contributed by atoms with Crippen LogP contribution in [-0.4, -0.2) is 23.9 Å². The number of benzene rings is 2. The molecular weight excluding hydrogens is 451 g/mol. The smallest absolute Gasteiger partial charge is 0.416 e. The number of rotatable bonds is 5. The van der Waals surface area contributed by atoms with Gasteiger partial charge in [-0.3, -0.25) is 9.78 Å². The lowest BCUT2D eigenvalue weighted by Gasteiger charge is -2.13. The van der Waals surface area contributed by atoms with Crippen LogP contribution in [0.3, 0.4) is 0 Å². The van der Waals surface area contributed by atoms with E-state index in [4.69, 9.17) is 8.85 Å². The summed E-state index contributed by atoms with van der Waals surface area (Å²) in [5.74, 6) is -3.21. The number of aromatic nitrogens is 1. The van der Waals surface area contributed by atoms with Gasteiger partial charge in [-0.05, 0) is 36.4 Å². The second kappa shape index (κ2) is 9.51. The largest absolute Gasteiger partial charge is 0.457 e. The topological polar surface area (TPSA) is 92.4 Å². The maximum absolute atomic E-state index is 14.5. The number of halogens is 5. The third-order valence-electron chi connectivity index (χ3n) is 4.04. The van der Waals surface area contributed by atoms with Gasteiger partial charge in [-0.15, -0.1) is 0 Å². The third kappa shape index (κ3) is 5.93. The van der Waals surface area contributed by atoms with Crippen LogP contribution in [0, 0.1) is 11.6 Å². The molecule has 0 spiro atoms. The fourth-order valence-corrected chi connectivity index (χ4v) is 2.53. The van der Waals surface area contributed by atoms with Crippen molar-refractivity contribution >= 4 is 23.3 Å². The average Bonchev–Trinajstić information content (AvgIpc) is 2.75. The number of ether oxygens (including phenoxy) is 1. The van der Waals surface area contributed by atoms with Gasteiger partial charge in [0.25, 0.3) is 5.91 Å². The lowest BCUT2D eigenvalue weighted by atomic mass is 10.2. The molecular formula is C21H15F5N4O3. The molecule has 12 heteroatoms. The molecule has 0 saturated carbocycles. The number of alkyl halides is 3. The number of carbonyl (C=O) groups excluding carboxylic acids is 2. The summed E-state index contributed by atoms with van der Waals surface area (Å²) in [5, 5.41) is 5.66. The summed E-state index contributed by atoms with van der Waals surface area (Å²) in [7, 11) is 0. The van der Waals surface area contributed by atoms with E-state index in [2.05, 4.69) is 4.98 Å². The molecule has 33 heavy (non-hydrogen) atoms. The Morgan fingerprint density at radius 3 is 2.36 bits per heavy atom. The van der Waals surface area contributed by atoms with Crippen LogP contribution in [0.1, 0.15) is 20.2 Å². The van der Waals surface area contributed by atoms with Crippen LogP contribution in [0.5, 0.6) is 11.5 Å². The fourth-order valence-electron chi connectivity index (χ4n) is 2.53. The standard InChI is InChI=1S/C21H15F5N4O3/c1-27-19(31)18-10-13(6-7-28-18)33-12-3-5-16(15(23)9-12)29-20(32)30-17-8-11(21(24,25)26)2-4-14(17)22/h2-10H,1H3,(H,27,31)(H2,29,30,32)/i1D3. The quantitative estimate of drug-likeness (QED) is 0.450. The van der Waals surface area contributed by atoms with Crippen molar-refractivity contribution in [3.63, 3.8) is 0 Å². The summed E-state index contributed by atoms with van der Waals surface area (Å²) >= 11 is 0. The van der Waals surface area contributed by atoms with E-state index in [1.165, 1.54) is 12.1 Å². The van der Waals surface area contributed by atoms with Gasteiger partial charge in [0.1, 0.15) is 28.8 Å². The van der Waals surface area contributed by atoms with E-state index in [1.807, 2.05) is 10.6 Å². The summed E-state index contributed by atoms with van der Waals surface area (Å²) < 4.78 is 93.2. The van der Waals surface area contributed by atoms with Gasteiger partial charge >= 0.3 is 12.2 Å². The number of hydrogen-bond acceptors (Lipinski definition) is 4. The molecule has 0 aliphatic heterocycles. The van der Waals surface area contributed by atoms with E-state index in [1.54, 1.807) is 5.32 Å². The molecule has 0 atom stereocenters. The molecule has 3 rings (SSSR count). The van der Waals surface area contributed by atoms with Crippen molar-refractivity contribution in [2.24, 2.45) is 0 Å². The SMILES string of the molecule is [2H]C([2H])([2H])NC(=O)c1cc(Oc2ccc(NC(=O)Nc3cc(C(F)(F)F)ccc3F)c(F)c2)ccn1. The minimum absolute atomic E-state index is 0.0126. The highest BCUT2D eigenvalue weighted by Crippen LogP contribution is 2.32. The number of urea groups is 1. The van der Waals surface area contributed by atoms with E-state index in [0.717, 1.165) is 24.4 Å². The van der Waals surface area contributed by atoms with Crippen LogP contribution in [0.2, 0.25) is 0 Å². The number of nitrogens with one attached hydrogen (secondary N) is 3. The van der Waals surface area contributed by atoms with Crippen molar-refractivity contribution in [1.29, 1.82) is 0 Å². The van der Waals surface area contributed by atoms with Crippen LogP contribution >= 0.6 is 0 Å². The molecule has 0 aliphatic carbocycles. The maximum Gasteiger partial charge on any atom is 0.416 e. The molecule has 0 radical (unpaired) electrons. The zero-order chi connectivity index (χ0) is 26.7. The van der Waals surface area contributed by atoms with E-state index < -0.39 is 53.7 Å². The number of carbonyl (C=O) groups is 2. The zero-order valence-electron chi connectivity index (χ0n) is 19.3. The third-order valence-corrected chi connectivity index (χ3v) is 4.04. The van der Waals surface area contributed by atoms with Gasteiger partial charge in [0, 0.05) is 29.4 Å². The number of pyridine rings is 1. The van der Waals surface area contributed by atoms with E-state index in [0.29, 0.717) is 18.2 Å². The lowest BCUT2D eigenvalue weighted by molar-refractivity contribution is -0.137. The number of amides is 3. The Labute approximate surface area is 187 Å². The highest BCUT2D eigenvalue weighted by molar-refractivity contribution is 6.00. The second-order valence-corrected chi connectivity index (χ2v) is 6.35. The first kappa shape index (κ1) is 19.5.